The van der Waals surface area contributed by atoms with Crippen molar-refractivity contribution in [3.63, 3.8) is 0 Å². The van der Waals surface area contributed by atoms with E-state index in [-0.39, 0.29) is 19.6 Å². The first-order valence-electron chi connectivity index (χ1n) is 25.3. The van der Waals surface area contributed by atoms with Gasteiger partial charge in [-0.1, -0.05) is 0 Å². The SMILES string of the molecule is O=S(=O)(c1cccc[c]1[Bi]([c]1ccccc1S(=O)(=O)N(CCO)CCO)[c]1ccc[c]([Bi]([c]2ccccc2S(=O)(=O)N(CCO)CCO)[c]2ccccc2S(=O)(=O)N(CCO)CCO)c1S(=O)(=O)N(CCO)CCO)N(CCO)CCO. The third kappa shape index (κ3) is 15.6. The van der Waals surface area contributed by atoms with Gasteiger partial charge in [0.15, 0.2) is 0 Å². The molecule has 25 nitrogen and oxygen atoms in total. The molecule has 0 saturated carbocycles. The van der Waals surface area contributed by atoms with Crippen molar-refractivity contribution in [2.75, 3.05) is 132 Å². The number of hydrogen-bond donors (Lipinski definition) is 10. The van der Waals surface area contributed by atoms with Crippen molar-refractivity contribution < 1.29 is 93.2 Å². The molecule has 0 aromatic heterocycles. The number of benzene rings is 5. The zero-order valence-corrected chi connectivity index (χ0v) is 55.4. The Morgan fingerprint density at radius 1 is 0.244 bits per heavy atom. The van der Waals surface area contributed by atoms with Gasteiger partial charge in [0, 0.05) is 0 Å². The summed E-state index contributed by atoms with van der Waals surface area (Å²) in [6.45, 7) is -13.3. The molecule has 10 N–H and O–H groups in total. The first-order chi connectivity index (χ1) is 39.1. The molecule has 82 heavy (non-hydrogen) atoms. The van der Waals surface area contributed by atoms with E-state index in [1.165, 1.54) is 115 Å². The van der Waals surface area contributed by atoms with Crippen LogP contribution in [-0.4, -0.2) is 290 Å². The Morgan fingerprint density at radius 2 is 0.415 bits per heavy atom. The molecule has 5 aromatic rings. The molecular formula is C50H69Bi2N5O20S5. The second-order valence-corrected chi connectivity index (χ2v) is 43.4. The van der Waals surface area contributed by atoms with Crippen LogP contribution in [0, 0.1) is 0 Å². The Labute approximate surface area is 494 Å². The number of sulfonamides is 5. The van der Waals surface area contributed by atoms with Crippen LogP contribution in [0.1, 0.15) is 0 Å². The Kier molecular flexibility index (Phi) is 27.3. The molecule has 454 valence electrons. The molecule has 0 aliphatic heterocycles. The fourth-order valence-electron chi connectivity index (χ4n) is 8.91. The van der Waals surface area contributed by atoms with Crippen molar-refractivity contribution in [3.8, 4) is 0 Å². The van der Waals surface area contributed by atoms with Crippen LogP contribution in [0.25, 0.3) is 0 Å². The van der Waals surface area contributed by atoms with Crippen molar-refractivity contribution in [1.29, 1.82) is 0 Å². The quantitative estimate of drug-likeness (QED) is 0.0167. The molecular weight excluding hydrogens is 1570 g/mol. The van der Waals surface area contributed by atoms with Gasteiger partial charge in [-0.2, -0.15) is 0 Å². The molecule has 0 heterocycles. The van der Waals surface area contributed by atoms with Gasteiger partial charge in [-0.05, 0) is 0 Å². The van der Waals surface area contributed by atoms with Crippen LogP contribution in [0.15, 0.2) is 140 Å². The molecule has 0 saturated heterocycles. The van der Waals surface area contributed by atoms with E-state index in [1.54, 1.807) is 0 Å². The van der Waals surface area contributed by atoms with Crippen LogP contribution in [0.5, 0.6) is 0 Å². The Balaban J connectivity index is 2.22. The molecule has 5 rings (SSSR count). The monoisotopic (exact) mass is 1640 g/mol. The summed E-state index contributed by atoms with van der Waals surface area (Å²) in [5, 5.41) is 102. The summed E-state index contributed by atoms with van der Waals surface area (Å²) in [5.74, 6) is 0. The summed E-state index contributed by atoms with van der Waals surface area (Å²) < 4.78 is 157. The minimum absolute atomic E-state index is 0.120. The maximum atomic E-state index is 16.4. The summed E-state index contributed by atoms with van der Waals surface area (Å²) in [7, 11) is -24.8. The van der Waals surface area contributed by atoms with E-state index in [0.29, 0.717) is 4.31 Å². The van der Waals surface area contributed by atoms with E-state index in [4.69, 9.17) is 0 Å². The van der Waals surface area contributed by atoms with Crippen molar-refractivity contribution in [1.82, 2.24) is 21.5 Å². The van der Waals surface area contributed by atoms with E-state index in [9.17, 15) is 51.1 Å². The zero-order chi connectivity index (χ0) is 60.5. The van der Waals surface area contributed by atoms with Gasteiger partial charge in [0.05, 0.1) is 0 Å². The van der Waals surface area contributed by atoms with E-state index in [2.05, 4.69) is 0 Å². The molecule has 0 aliphatic rings. The van der Waals surface area contributed by atoms with Gasteiger partial charge in [-0.15, -0.1) is 0 Å². The van der Waals surface area contributed by atoms with Gasteiger partial charge < -0.3 is 0 Å². The number of hydrogen-bond acceptors (Lipinski definition) is 20. The Morgan fingerprint density at radius 3 is 0.610 bits per heavy atom. The first-order valence-corrected chi connectivity index (χ1v) is 43.0. The standard InChI is InChI=1S/4C10H14NO4S.C10H13NO4S.2Bi/c5*12-8-6-11(7-9-13)16(14,15)10-4-2-1-3-5-10;;/h4*1-4,12-13H,6-9H2;1-3,12-13H,6-9H2;;. The average Bonchev–Trinajstić information content (AvgIpc) is 2.91. The fourth-order valence-corrected chi connectivity index (χ4v) is 49.5. The molecule has 0 unspecified atom stereocenters. The minimum atomic E-state index is -5.43. The Hall–Kier alpha value is -2.98. The average molecular weight is 1640 g/mol. The molecule has 0 bridgehead atoms. The Bertz CT molecular complexity index is 3070. The van der Waals surface area contributed by atoms with Crippen molar-refractivity contribution >= 4 is 113 Å². The molecule has 5 aromatic carbocycles. The third-order valence-corrected chi connectivity index (χ3v) is 46.2. The summed E-state index contributed by atoms with van der Waals surface area (Å²) >= 11 is -10.9. The predicted molar refractivity (Wildman–Crippen MR) is 306 cm³/mol. The summed E-state index contributed by atoms with van der Waals surface area (Å²) in [6.07, 6.45) is 0. The second kappa shape index (κ2) is 32.1. The van der Waals surface area contributed by atoms with E-state index in [1.807, 2.05) is 0 Å². The molecule has 32 heteroatoms. The van der Waals surface area contributed by atoms with Crippen LogP contribution >= 0.6 is 0 Å². The predicted octanol–water partition coefficient (Wildman–Crippen LogP) is -7.40. The summed E-state index contributed by atoms with van der Waals surface area (Å²) in [4.78, 5) is -2.72. The molecule has 0 atom stereocenters. The van der Waals surface area contributed by atoms with Crippen molar-refractivity contribution in [3.05, 3.63) is 115 Å². The number of rotatable bonds is 36. The number of aliphatic hydroxyl groups excluding tert-OH is 10. The van der Waals surface area contributed by atoms with Gasteiger partial charge in [0.25, 0.3) is 0 Å². The fraction of sp³-hybridized carbons (Fsp3) is 0.400. The van der Waals surface area contributed by atoms with E-state index >= 15 is 42.1 Å². The van der Waals surface area contributed by atoms with Crippen LogP contribution in [0.2, 0.25) is 0 Å². The maximum absolute atomic E-state index is 16.4. The van der Waals surface area contributed by atoms with Gasteiger partial charge in [0.1, 0.15) is 0 Å². The second-order valence-electron chi connectivity index (χ2n) is 17.4. The topological polar surface area (TPSA) is 389 Å². The van der Waals surface area contributed by atoms with Gasteiger partial charge in [-0.25, -0.2) is 0 Å². The van der Waals surface area contributed by atoms with Crippen molar-refractivity contribution in [2.24, 2.45) is 0 Å². The summed E-state index contributed by atoms with van der Waals surface area (Å²) in [5.41, 5.74) is 0. The molecule has 0 fully saturated rings. The normalized spacial score (nSPS) is 13.0. The van der Waals surface area contributed by atoms with E-state index < -0.39 is 250 Å². The van der Waals surface area contributed by atoms with Crippen LogP contribution in [0.3, 0.4) is 0 Å². The van der Waals surface area contributed by atoms with Gasteiger partial charge in [0.2, 0.25) is 0 Å². The number of aliphatic hydroxyl groups is 10. The van der Waals surface area contributed by atoms with Gasteiger partial charge >= 0.3 is 499 Å². The summed E-state index contributed by atoms with van der Waals surface area (Å²) in [6, 6.07) is 25.1. The molecule has 0 amide bonds. The number of nitrogens with zero attached hydrogens (tertiary/aromatic N) is 5. The van der Waals surface area contributed by atoms with Gasteiger partial charge in [-0.3, -0.25) is 0 Å². The molecule has 0 spiro atoms. The van der Waals surface area contributed by atoms with Crippen LogP contribution < -0.4 is 19.6 Å². The third-order valence-electron chi connectivity index (χ3n) is 12.4. The van der Waals surface area contributed by atoms with Crippen LogP contribution in [-0.2, 0) is 50.1 Å². The first kappa shape index (κ1) is 69.8. The van der Waals surface area contributed by atoms with Crippen LogP contribution in [0.4, 0.5) is 0 Å². The molecule has 0 radical (unpaired) electrons. The zero-order valence-electron chi connectivity index (χ0n) is 44.3. The molecule has 0 aliphatic carbocycles. The van der Waals surface area contributed by atoms with Crippen molar-refractivity contribution in [2.45, 2.75) is 24.5 Å². The van der Waals surface area contributed by atoms with E-state index in [0.717, 1.165) is 17.2 Å².